The predicted octanol–water partition coefficient (Wildman–Crippen LogP) is 3.59. The molecule has 0 heterocycles. The van der Waals surface area contributed by atoms with Crippen molar-refractivity contribution in [3.8, 4) is 0 Å². The van der Waals surface area contributed by atoms with Crippen molar-refractivity contribution in [3.05, 3.63) is 65.4 Å². The van der Waals surface area contributed by atoms with Crippen molar-refractivity contribution in [1.82, 2.24) is 0 Å². The zero-order valence-electron chi connectivity index (χ0n) is 29.0. The molecule has 0 aliphatic heterocycles. The van der Waals surface area contributed by atoms with Crippen LogP contribution in [0.3, 0.4) is 0 Å². The van der Waals surface area contributed by atoms with Crippen LogP contribution in [0.15, 0.2) is 54.3 Å². The Hall–Kier alpha value is -3.07. The molecule has 3 rings (SSSR count). The van der Waals surface area contributed by atoms with Gasteiger partial charge in [0.15, 0.2) is 5.78 Å². The van der Waals surface area contributed by atoms with Crippen LogP contribution in [0.4, 0.5) is 11.4 Å². The van der Waals surface area contributed by atoms with Gasteiger partial charge in [0, 0.05) is 66.0 Å². The maximum atomic E-state index is 13.4. The van der Waals surface area contributed by atoms with Gasteiger partial charge in [0.05, 0.1) is 84.9 Å². The largest absolute Gasteiger partial charge is 0.510 e. The van der Waals surface area contributed by atoms with Crippen molar-refractivity contribution >= 4 is 22.7 Å². The van der Waals surface area contributed by atoms with E-state index >= 15 is 0 Å². The van der Waals surface area contributed by atoms with Gasteiger partial charge in [0.2, 0.25) is 0 Å². The maximum absolute atomic E-state index is 13.4. The predicted molar refractivity (Wildman–Crippen MR) is 185 cm³/mol. The van der Waals surface area contributed by atoms with E-state index in [1.165, 1.54) is 0 Å². The summed E-state index contributed by atoms with van der Waals surface area (Å²) >= 11 is 0. The number of hydrogen-bond donors (Lipinski definition) is 1. The van der Waals surface area contributed by atoms with Crippen molar-refractivity contribution < 1.29 is 47.8 Å². The highest BCUT2D eigenvalue weighted by Crippen LogP contribution is 2.43. The molecule has 268 valence electrons. The number of anilines is 2. The lowest BCUT2D eigenvalue weighted by molar-refractivity contribution is -0.116. The number of Topliss-reactive ketones (excluding diaryl/α,β-unsaturated/α-hetero) is 1. The zero-order chi connectivity index (χ0) is 34.4. The van der Waals surface area contributed by atoms with E-state index in [9.17, 15) is 9.90 Å². The fourth-order valence-electron chi connectivity index (χ4n) is 5.19. The average molecular weight is 675 g/mol. The van der Waals surface area contributed by atoms with Gasteiger partial charge in [0.1, 0.15) is 11.7 Å². The summed E-state index contributed by atoms with van der Waals surface area (Å²) in [6.07, 6.45) is 0. The van der Waals surface area contributed by atoms with Gasteiger partial charge >= 0.3 is 0 Å². The monoisotopic (exact) mass is 674 g/mol. The molecule has 0 aromatic heterocycles. The van der Waals surface area contributed by atoms with Crippen LogP contribution in [0.25, 0.3) is 5.57 Å². The molecule has 0 amide bonds. The van der Waals surface area contributed by atoms with E-state index in [0.29, 0.717) is 117 Å². The van der Waals surface area contributed by atoms with E-state index in [4.69, 9.17) is 37.9 Å². The molecule has 12 heteroatoms. The Bertz CT molecular complexity index is 1160. The minimum absolute atomic E-state index is 0.0883. The first-order valence-corrected chi connectivity index (χ1v) is 16.5. The Kier molecular flexibility index (Phi) is 19.1. The third-order valence-electron chi connectivity index (χ3n) is 7.90. The van der Waals surface area contributed by atoms with Crippen LogP contribution in [0.1, 0.15) is 17.0 Å². The molecule has 12 nitrogen and oxygen atoms in total. The van der Waals surface area contributed by atoms with E-state index in [2.05, 4.69) is 9.80 Å². The Morgan fingerprint density at radius 3 is 1.21 bits per heavy atom. The number of carbonyl (C=O) groups excluding carboxylic acids is 1. The third-order valence-corrected chi connectivity index (χ3v) is 7.90. The molecule has 2 aromatic carbocycles. The summed E-state index contributed by atoms with van der Waals surface area (Å²) in [4.78, 5) is 17.7. The molecule has 0 saturated carbocycles. The number of ketones is 1. The molecule has 1 unspecified atom stereocenters. The molecule has 0 radical (unpaired) electrons. The van der Waals surface area contributed by atoms with Crippen molar-refractivity contribution in [3.63, 3.8) is 0 Å². The number of benzene rings is 2. The number of aliphatic hydroxyl groups excluding tert-OH is 1. The molecule has 0 bridgehead atoms. The molecule has 48 heavy (non-hydrogen) atoms. The fraction of sp³-hybridized carbons (Fsp3) is 0.583. The lowest BCUT2D eigenvalue weighted by atomic mass is 9.75. The standard InChI is InChI=1S/C36H54N2O10/c1-41-21-25-45-17-13-37(14-18-46-26-22-42-2)31-9-5-29(6-10-31)33-35(39)34(36(33)40)30-7-11-32(12-8-30)38(15-19-47-27-23-43-3)16-20-48-28-24-44-4/h5-12,33,39H,13-28H2,1-4H3. The van der Waals surface area contributed by atoms with Crippen LogP contribution < -0.4 is 9.80 Å². The van der Waals surface area contributed by atoms with Gasteiger partial charge in [-0.15, -0.1) is 0 Å². The average Bonchev–Trinajstić information content (AvgIpc) is 3.10. The zero-order valence-corrected chi connectivity index (χ0v) is 29.0. The number of rotatable bonds is 28. The van der Waals surface area contributed by atoms with E-state index in [0.717, 1.165) is 16.9 Å². The Morgan fingerprint density at radius 2 is 0.875 bits per heavy atom. The molecule has 2 aromatic rings. The van der Waals surface area contributed by atoms with Gasteiger partial charge in [-0.3, -0.25) is 4.79 Å². The third kappa shape index (κ3) is 12.8. The lowest BCUT2D eigenvalue weighted by Crippen LogP contribution is -2.32. The van der Waals surface area contributed by atoms with Crippen molar-refractivity contribution in [2.75, 3.05) is 144 Å². The van der Waals surface area contributed by atoms with Gasteiger partial charge in [0.25, 0.3) is 0 Å². The summed E-state index contributed by atoms with van der Waals surface area (Å²) in [5.74, 6) is -0.690. The van der Waals surface area contributed by atoms with Crippen molar-refractivity contribution in [1.29, 1.82) is 0 Å². The maximum Gasteiger partial charge on any atom is 0.181 e. The van der Waals surface area contributed by atoms with Crippen molar-refractivity contribution in [2.24, 2.45) is 0 Å². The second-order valence-corrected chi connectivity index (χ2v) is 11.1. The van der Waals surface area contributed by atoms with Crippen LogP contribution in [0, 0.1) is 0 Å². The molecule has 1 aliphatic rings. The second kappa shape index (κ2) is 23.3. The summed E-state index contributed by atoms with van der Waals surface area (Å²) in [6.45, 7) is 9.12. The number of nitrogens with zero attached hydrogens (tertiary/aromatic N) is 2. The summed E-state index contributed by atoms with van der Waals surface area (Å²) in [5.41, 5.74) is 3.75. The van der Waals surface area contributed by atoms with Crippen LogP contribution >= 0.6 is 0 Å². The smallest absolute Gasteiger partial charge is 0.181 e. The quantitative estimate of drug-likeness (QED) is 0.133. The van der Waals surface area contributed by atoms with Gasteiger partial charge in [-0.25, -0.2) is 0 Å². The van der Waals surface area contributed by atoms with E-state index in [-0.39, 0.29) is 11.5 Å². The Balaban J connectivity index is 1.65. The van der Waals surface area contributed by atoms with Gasteiger partial charge in [-0.1, -0.05) is 24.3 Å². The van der Waals surface area contributed by atoms with Gasteiger partial charge in [-0.05, 0) is 35.4 Å². The molecular weight excluding hydrogens is 620 g/mol. The molecule has 1 N–H and O–H groups in total. The van der Waals surface area contributed by atoms with Gasteiger partial charge in [-0.2, -0.15) is 0 Å². The number of hydrogen-bond acceptors (Lipinski definition) is 12. The SMILES string of the molecule is COCCOCCN(CCOCCOC)c1ccc(C2=C(O)C(c3ccc(N(CCOCCOC)CCOCCOC)cc3)C2=O)cc1. The number of aliphatic hydroxyl groups is 1. The van der Waals surface area contributed by atoms with E-state index < -0.39 is 5.92 Å². The molecule has 0 fully saturated rings. The van der Waals surface area contributed by atoms with Crippen LogP contribution in [-0.2, 0) is 42.7 Å². The highest BCUT2D eigenvalue weighted by molar-refractivity contribution is 6.31. The van der Waals surface area contributed by atoms with Crippen molar-refractivity contribution in [2.45, 2.75) is 5.92 Å². The van der Waals surface area contributed by atoms with Gasteiger partial charge < -0.3 is 52.8 Å². The topological polar surface area (TPSA) is 118 Å². The lowest BCUT2D eigenvalue weighted by Gasteiger charge is -2.30. The van der Waals surface area contributed by atoms with E-state index in [1.54, 1.807) is 28.4 Å². The minimum Gasteiger partial charge on any atom is -0.510 e. The van der Waals surface area contributed by atoms with Crippen LogP contribution in [0.5, 0.6) is 0 Å². The summed E-state index contributed by atoms with van der Waals surface area (Å²) < 4.78 is 43.0. The summed E-state index contributed by atoms with van der Waals surface area (Å²) in [5, 5.41) is 11.1. The summed E-state index contributed by atoms with van der Waals surface area (Å²) in [7, 11) is 6.59. The number of allylic oxidation sites excluding steroid dienone is 2. The molecule has 1 aliphatic carbocycles. The molecular formula is C36H54N2O10. The second-order valence-electron chi connectivity index (χ2n) is 11.1. The van der Waals surface area contributed by atoms with Crippen LogP contribution in [0.2, 0.25) is 0 Å². The number of carbonyl (C=O) groups is 1. The number of ether oxygens (including phenoxy) is 8. The summed E-state index contributed by atoms with van der Waals surface area (Å²) in [6, 6.07) is 15.4. The van der Waals surface area contributed by atoms with Crippen LogP contribution in [-0.4, -0.2) is 145 Å². The number of methoxy groups -OCH3 is 4. The fourth-order valence-corrected chi connectivity index (χ4v) is 5.19. The first kappa shape index (κ1) is 39.4. The normalized spacial score (nSPS) is 14.4. The first-order chi connectivity index (χ1) is 23.5. The molecule has 0 spiro atoms. The van der Waals surface area contributed by atoms with E-state index in [1.807, 2.05) is 48.5 Å². The molecule has 1 atom stereocenters. The highest BCUT2D eigenvalue weighted by atomic mass is 16.5. The highest BCUT2D eigenvalue weighted by Gasteiger charge is 2.41. The minimum atomic E-state index is -0.679. The Morgan fingerprint density at radius 1 is 0.521 bits per heavy atom. The molecule has 0 saturated heterocycles. The first-order valence-electron chi connectivity index (χ1n) is 16.5. The Labute approximate surface area is 285 Å².